The predicted molar refractivity (Wildman–Crippen MR) is 92.8 cm³/mol. The van der Waals surface area contributed by atoms with Crippen molar-refractivity contribution in [1.82, 2.24) is 4.90 Å². The smallest absolute Gasteiger partial charge is 0.253 e. The second-order valence-corrected chi connectivity index (χ2v) is 6.71. The Kier molecular flexibility index (Phi) is 6.24. The molecule has 2 N–H and O–H groups in total. The summed E-state index contributed by atoms with van der Waals surface area (Å²) < 4.78 is 11.7. The van der Waals surface area contributed by atoms with Gasteiger partial charge >= 0.3 is 0 Å². The molecule has 0 bridgehead atoms. The molecular weight excluding hydrogens is 304 g/mol. The van der Waals surface area contributed by atoms with Gasteiger partial charge in [0.15, 0.2) is 0 Å². The maximum absolute atomic E-state index is 12.5. The fourth-order valence-corrected chi connectivity index (χ4v) is 3.37. The van der Waals surface area contributed by atoms with Crippen molar-refractivity contribution in [2.75, 3.05) is 26.3 Å². The lowest BCUT2D eigenvalue weighted by Crippen LogP contribution is -2.41. The number of nitrogens with two attached hydrogens (primary N) is 1. The first-order valence-electron chi connectivity index (χ1n) is 9.08. The molecule has 0 saturated carbocycles. The van der Waals surface area contributed by atoms with Crippen LogP contribution in [0.3, 0.4) is 0 Å². The molecule has 5 heteroatoms. The van der Waals surface area contributed by atoms with Crippen LogP contribution in [0.15, 0.2) is 24.3 Å². The molecule has 0 radical (unpaired) electrons. The van der Waals surface area contributed by atoms with Gasteiger partial charge < -0.3 is 20.1 Å². The lowest BCUT2D eigenvalue weighted by Gasteiger charge is -2.33. The minimum absolute atomic E-state index is 0.104. The summed E-state index contributed by atoms with van der Waals surface area (Å²) in [7, 11) is 0. The highest BCUT2D eigenvalue weighted by atomic mass is 16.5. The first-order valence-corrected chi connectivity index (χ1v) is 9.08. The van der Waals surface area contributed by atoms with Crippen molar-refractivity contribution in [3.8, 4) is 0 Å². The van der Waals surface area contributed by atoms with Crippen LogP contribution in [0.5, 0.6) is 0 Å². The van der Waals surface area contributed by atoms with Crippen LogP contribution in [-0.2, 0) is 16.0 Å². The molecule has 24 heavy (non-hydrogen) atoms. The van der Waals surface area contributed by atoms with Crippen molar-refractivity contribution >= 4 is 5.91 Å². The summed E-state index contributed by atoms with van der Waals surface area (Å²) in [6.45, 7) is 3.58. The third-order valence-corrected chi connectivity index (χ3v) is 4.96. The van der Waals surface area contributed by atoms with E-state index in [1.54, 1.807) is 0 Å². The molecule has 1 atom stereocenters. The van der Waals surface area contributed by atoms with Crippen molar-refractivity contribution in [2.24, 2.45) is 5.73 Å². The Morgan fingerprint density at radius 3 is 2.54 bits per heavy atom. The van der Waals surface area contributed by atoms with E-state index >= 15 is 0 Å². The number of ether oxygens (including phenoxy) is 2. The molecule has 2 aliphatic rings. The van der Waals surface area contributed by atoms with Gasteiger partial charge in [0.1, 0.15) is 0 Å². The van der Waals surface area contributed by atoms with Gasteiger partial charge in [-0.25, -0.2) is 0 Å². The van der Waals surface area contributed by atoms with E-state index in [1.165, 1.54) is 12.8 Å². The number of nitrogens with zero attached hydrogens (tertiary/aromatic N) is 1. The second kappa shape index (κ2) is 8.60. The molecule has 3 rings (SSSR count). The topological polar surface area (TPSA) is 64.8 Å². The number of hydrogen-bond donors (Lipinski definition) is 1. The Morgan fingerprint density at radius 2 is 1.92 bits per heavy atom. The fraction of sp³-hybridized carbons (Fsp3) is 0.632. The summed E-state index contributed by atoms with van der Waals surface area (Å²) in [6.07, 6.45) is 5.83. The average molecular weight is 332 g/mol. The van der Waals surface area contributed by atoms with Gasteiger partial charge in [0.2, 0.25) is 0 Å². The molecule has 2 saturated heterocycles. The number of carbonyl (C=O) groups excluding carboxylic acids is 1. The zero-order chi connectivity index (χ0) is 16.8. The Balaban J connectivity index is 1.43. The number of hydrogen-bond acceptors (Lipinski definition) is 4. The Bertz CT molecular complexity index is 518. The molecule has 2 heterocycles. The van der Waals surface area contributed by atoms with E-state index in [1.807, 2.05) is 29.2 Å². The highest BCUT2D eigenvalue weighted by Crippen LogP contribution is 2.19. The van der Waals surface area contributed by atoms with Crippen molar-refractivity contribution < 1.29 is 14.3 Å². The summed E-state index contributed by atoms with van der Waals surface area (Å²) in [6, 6.07) is 7.58. The zero-order valence-corrected chi connectivity index (χ0v) is 14.3. The van der Waals surface area contributed by atoms with E-state index in [0.29, 0.717) is 13.2 Å². The molecule has 1 aromatic rings. The average Bonchev–Trinajstić information content (AvgIpc) is 2.67. The summed E-state index contributed by atoms with van der Waals surface area (Å²) in [5, 5.41) is 0. The van der Waals surface area contributed by atoms with E-state index in [2.05, 4.69) is 0 Å². The molecule has 2 aliphatic heterocycles. The molecule has 1 amide bonds. The van der Waals surface area contributed by atoms with Crippen molar-refractivity contribution in [3.63, 3.8) is 0 Å². The van der Waals surface area contributed by atoms with E-state index in [-0.39, 0.29) is 18.1 Å². The monoisotopic (exact) mass is 332 g/mol. The van der Waals surface area contributed by atoms with Gasteiger partial charge in [-0.3, -0.25) is 4.79 Å². The van der Waals surface area contributed by atoms with Crippen LogP contribution in [0.4, 0.5) is 0 Å². The van der Waals surface area contributed by atoms with Gasteiger partial charge in [-0.05, 0) is 49.8 Å². The fourth-order valence-electron chi connectivity index (χ4n) is 3.37. The minimum Gasteiger partial charge on any atom is -0.376 e. The normalized spacial score (nSPS) is 22.5. The molecular formula is C19H28N2O3. The highest BCUT2D eigenvalue weighted by Gasteiger charge is 2.25. The highest BCUT2D eigenvalue weighted by molar-refractivity contribution is 5.94. The van der Waals surface area contributed by atoms with E-state index in [4.69, 9.17) is 15.2 Å². The lowest BCUT2D eigenvalue weighted by molar-refractivity contribution is -0.0733. The number of rotatable bonds is 5. The number of amides is 1. The maximum atomic E-state index is 12.5. The summed E-state index contributed by atoms with van der Waals surface area (Å²) in [5.41, 5.74) is 7.38. The minimum atomic E-state index is 0.104. The second-order valence-electron chi connectivity index (χ2n) is 6.71. The van der Waals surface area contributed by atoms with E-state index < -0.39 is 0 Å². The Hall–Kier alpha value is -1.43. The third-order valence-electron chi connectivity index (χ3n) is 4.96. The molecule has 1 aromatic carbocycles. The van der Waals surface area contributed by atoms with E-state index in [9.17, 15) is 4.79 Å². The van der Waals surface area contributed by atoms with Crippen molar-refractivity contribution in [3.05, 3.63) is 35.4 Å². The van der Waals surface area contributed by atoms with Crippen LogP contribution in [-0.4, -0.2) is 49.3 Å². The van der Waals surface area contributed by atoms with E-state index in [0.717, 1.165) is 50.1 Å². The van der Waals surface area contributed by atoms with Gasteiger partial charge in [0, 0.05) is 31.8 Å². The summed E-state index contributed by atoms with van der Waals surface area (Å²) in [5.74, 6) is 0.104. The first-order chi connectivity index (χ1) is 11.8. The molecule has 5 nitrogen and oxygen atoms in total. The van der Waals surface area contributed by atoms with Crippen LogP contribution < -0.4 is 5.73 Å². The standard InChI is InChI=1S/C19H28N2O3/c20-13-15-4-6-16(7-5-15)19(22)21-10-8-17(9-11-21)24-14-18-3-1-2-12-23-18/h4-7,17-18H,1-3,8-14,20H2. The van der Waals surface area contributed by atoms with Gasteiger partial charge in [-0.2, -0.15) is 0 Å². The van der Waals surface area contributed by atoms with Crippen LogP contribution in [0.25, 0.3) is 0 Å². The predicted octanol–water partition coefficient (Wildman–Crippen LogP) is 2.34. The van der Waals surface area contributed by atoms with Crippen LogP contribution in [0, 0.1) is 0 Å². The van der Waals surface area contributed by atoms with Gasteiger partial charge in [0.05, 0.1) is 18.8 Å². The summed E-state index contributed by atoms with van der Waals surface area (Å²) in [4.78, 5) is 14.5. The van der Waals surface area contributed by atoms with Crippen molar-refractivity contribution in [1.29, 1.82) is 0 Å². The van der Waals surface area contributed by atoms with Gasteiger partial charge in [0.25, 0.3) is 5.91 Å². The van der Waals surface area contributed by atoms with Crippen molar-refractivity contribution in [2.45, 2.75) is 50.9 Å². The van der Waals surface area contributed by atoms with Gasteiger partial charge in [-0.1, -0.05) is 12.1 Å². The number of benzene rings is 1. The molecule has 2 fully saturated rings. The first kappa shape index (κ1) is 17.4. The zero-order valence-electron chi connectivity index (χ0n) is 14.3. The Morgan fingerprint density at radius 1 is 1.17 bits per heavy atom. The third kappa shape index (κ3) is 4.56. The largest absolute Gasteiger partial charge is 0.376 e. The molecule has 132 valence electrons. The quantitative estimate of drug-likeness (QED) is 0.899. The van der Waals surface area contributed by atoms with Crippen LogP contribution in [0.1, 0.15) is 48.0 Å². The number of likely N-dealkylation sites (tertiary alicyclic amines) is 1. The molecule has 0 aromatic heterocycles. The molecule has 1 unspecified atom stereocenters. The lowest BCUT2D eigenvalue weighted by atomic mass is 10.0. The molecule has 0 spiro atoms. The summed E-state index contributed by atoms with van der Waals surface area (Å²) >= 11 is 0. The van der Waals surface area contributed by atoms with Gasteiger partial charge in [-0.15, -0.1) is 0 Å². The van der Waals surface area contributed by atoms with Crippen LogP contribution >= 0.6 is 0 Å². The van der Waals surface area contributed by atoms with Crippen LogP contribution in [0.2, 0.25) is 0 Å². The SMILES string of the molecule is NCc1ccc(C(=O)N2CCC(OCC3CCCCO3)CC2)cc1. The number of piperidine rings is 1. The maximum Gasteiger partial charge on any atom is 0.253 e. The Labute approximate surface area is 144 Å². The molecule has 0 aliphatic carbocycles. The number of carbonyl (C=O) groups is 1.